The molecule has 0 aliphatic carbocycles. The third kappa shape index (κ3) is 6.06. The summed E-state index contributed by atoms with van der Waals surface area (Å²) in [4.78, 5) is 43.9. The third-order valence-corrected chi connectivity index (χ3v) is 5.87. The number of nitrogens with zero attached hydrogens (tertiary/aromatic N) is 4. The van der Waals surface area contributed by atoms with Gasteiger partial charge in [0.05, 0.1) is 5.71 Å². The monoisotopic (exact) mass is 488 g/mol. The topological polar surface area (TPSA) is 147 Å². The van der Waals surface area contributed by atoms with Gasteiger partial charge in [-0.1, -0.05) is 13.3 Å². The van der Waals surface area contributed by atoms with Gasteiger partial charge in [0.2, 0.25) is 5.88 Å². The molecule has 2 atom stereocenters. The molecular weight excluding hydrogens is 457 g/mol. The molecule has 0 saturated heterocycles. The summed E-state index contributed by atoms with van der Waals surface area (Å²) in [5.41, 5.74) is 3.34. The molecule has 1 aliphatic heterocycles. The van der Waals surface area contributed by atoms with Crippen molar-refractivity contribution in [1.82, 2.24) is 14.0 Å². The predicted octanol–water partition coefficient (Wildman–Crippen LogP) is 2.11. The second-order valence-corrected chi connectivity index (χ2v) is 8.42. The Morgan fingerprint density at radius 3 is 2.38 bits per heavy atom. The van der Waals surface area contributed by atoms with Crippen molar-refractivity contribution in [2.24, 2.45) is 10.7 Å². The molecule has 10 nitrogen and oxygen atoms in total. The fraction of sp³-hybridized carbons (Fsp3) is 0.667. The molecule has 2 heterocycles. The van der Waals surface area contributed by atoms with Gasteiger partial charge in [-0.25, -0.2) is 4.79 Å². The highest BCUT2D eigenvalue weighted by atomic mass is 19.4. The van der Waals surface area contributed by atoms with Crippen molar-refractivity contribution in [3.63, 3.8) is 0 Å². The van der Waals surface area contributed by atoms with Crippen LogP contribution in [0.5, 0.6) is 5.88 Å². The number of hydrogen-bond donors (Lipinski definition) is 3. The Morgan fingerprint density at radius 1 is 1.24 bits per heavy atom. The van der Waals surface area contributed by atoms with E-state index in [1.807, 2.05) is 6.92 Å². The lowest BCUT2D eigenvalue weighted by Crippen LogP contribution is -2.45. The van der Waals surface area contributed by atoms with Gasteiger partial charge in [-0.3, -0.25) is 29.1 Å². The fourth-order valence-corrected chi connectivity index (χ4v) is 4.14. The van der Waals surface area contributed by atoms with Gasteiger partial charge in [0, 0.05) is 26.1 Å². The molecule has 0 saturated carbocycles. The second-order valence-electron chi connectivity index (χ2n) is 8.42. The van der Waals surface area contributed by atoms with Crippen LogP contribution in [-0.2, 0) is 11.3 Å². The highest BCUT2D eigenvalue weighted by Crippen LogP contribution is 2.24. The van der Waals surface area contributed by atoms with Crippen molar-refractivity contribution < 1.29 is 23.1 Å². The van der Waals surface area contributed by atoms with E-state index in [-0.39, 0.29) is 12.1 Å². The number of carbonyl (C=O) groups is 1. The number of aromatic nitrogens is 2. The lowest BCUT2D eigenvalue weighted by atomic mass is 10.0. The normalized spacial score (nSPS) is 17.2. The van der Waals surface area contributed by atoms with Crippen LogP contribution in [0.1, 0.15) is 70.4 Å². The van der Waals surface area contributed by atoms with Gasteiger partial charge in [0.25, 0.3) is 11.5 Å². The quantitative estimate of drug-likeness (QED) is 0.322. The number of carbonyl (C=O) groups excluding carboxylic acids is 1. The molecule has 34 heavy (non-hydrogen) atoms. The lowest BCUT2D eigenvalue weighted by Gasteiger charge is -2.23. The van der Waals surface area contributed by atoms with Gasteiger partial charge >= 0.3 is 11.9 Å². The molecule has 0 bridgehead atoms. The third-order valence-electron chi connectivity index (χ3n) is 5.87. The molecule has 13 heteroatoms. The van der Waals surface area contributed by atoms with Crippen molar-refractivity contribution in [2.75, 3.05) is 7.05 Å². The highest BCUT2D eigenvalue weighted by Gasteiger charge is 2.30. The molecule has 1 unspecified atom stereocenters. The van der Waals surface area contributed by atoms with Crippen LogP contribution in [0, 0.1) is 5.41 Å². The number of amides is 1. The number of nitrogens with two attached hydrogens (primary N) is 1. The number of nitrogen functional groups attached to an aromatic ring is 1. The molecule has 0 fully saturated rings. The number of aliphatic imine (C=N–C) groups is 1. The van der Waals surface area contributed by atoms with Gasteiger partial charge in [-0.15, -0.1) is 0 Å². The SMILES string of the molecule is CCC[C@H](CCCC1N=C(C)C(=O)N1C)n1c(=O)c(C(=N)N)c(O)n(CCCC(F)(F)F)c1=O. The number of hydrogen-bond acceptors (Lipinski definition) is 6. The van der Waals surface area contributed by atoms with E-state index in [0.29, 0.717) is 42.4 Å². The smallest absolute Gasteiger partial charge is 0.389 e. The largest absolute Gasteiger partial charge is 0.494 e. The van der Waals surface area contributed by atoms with Crippen LogP contribution < -0.4 is 17.0 Å². The lowest BCUT2D eigenvalue weighted by molar-refractivity contribution is -0.136. The maximum absolute atomic E-state index is 13.1. The average molecular weight is 489 g/mol. The Kier molecular flexibility index (Phi) is 8.67. The Labute approximate surface area is 194 Å². The van der Waals surface area contributed by atoms with Crippen LogP contribution in [0.15, 0.2) is 14.6 Å². The zero-order valence-electron chi connectivity index (χ0n) is 19.5. The first kappa shape index (κ1) is 27.1. The molecule has 0 radical (unpaired) electrons. The summed E-state index contributed by atoms with van der Waals surface area (Å²) in [5.74, 6) is -1.86. The average Bonchev–Trinajstić information content (AvgIpc) is 2.96. The van der Waals surface area contributed by atoms with E-state index in [4.69, 9.17) is 11.1 Å². The first-order valence-electron chi connectivity index (χ1n) is 11.1. The number of alkyl halides is 3. The van der Waals surface area contributed by atoms with Gasteiger partial charge in [0.15, 0.2) is 0 Å². The molecule has 2 rings (SSSR count). The van der Waals surface area contributed by atoms with E-state index in [0.717, 1.165) is 4.57 Å². The molecule has 1 amide bonds. The number of rotatable bonds is 11. The van der Waals surface area contributed by atoms with Crippen LogP contribution in [0.4, 0.5) is 13.2 Å². The number of amidine groups is 1. The fourth-order valence-electron chi connectivity index (χ4n) is 4.14. The summed E-state index contributed by atoms with van der Waals surface area (Å²) >= 11 is 0. The number of nitrogens with one attached hydrogen (secondary N) is 1. The Hall–Kier alpha value is -3.12. The Morgan fingerprint density at radius 2 is 1.88 bits per heavy atom. The van der Waals surface area contributed by atoms with Gasteiger partial charge in [0.1, 0.15) is 17.6 Å². The molecule has 190 valence electrons. The standard InChI is InChI=1S/C21H31F3N6O4/c1-4-7-13(8-5-9-14-27-12(2)17(31)28(14)3)30-19(33)15(16(25)26)18(32)29(20(30)34)11-6-10-21(22,23)24/h13-14,32H,4-11H2,1-3H3,(H3,25,26)/t13-,14?/m1/s1. The first-order valence-corrected chi connectivity index (χ1v) is 11.1. The van der Waals surface area contributed by atoms with Gasteiger partial charge in [-0.05, 0) is 39.0 Å². The molecule has 4 N–H and O–H groups in total. The summed E-state index contributed by atoms with van der Waals surface area (Å²) in [6.45, 7) is 2.98. The van der Waals surface area contributed by atoms with Crippen molar-refractivity contribution in [1.29, 1.82) is 5.41 Å². The predicted molar refractivity (Wildman–Crippen MR) is 120 cm³/mol. The van der Waals surface area contributed by atoms with Crippen molar-refractivity contribution in [3.8, 4) is 5.88 Å². The minimum Gasteiger partial charge on any atom is -0.494 e. The summed E-state index contributed by atoms with van der Waals surface area (Å²) < 4.78 is 39.3. The molecule has 1 aliphatic rings. The van der Waals surface area contributed by atoms with Crippen LogP contribution in [0.3, 0.4) is 0 Å². The maximum atomic E-state index is 13.1. The van der Waals surface area contributed by atoms with Crippen molar-refractivity contribution in [2.45, 2.75) is 83.7 Å². The van der Waals surface area contributed by atoms with E-state index in [2.05, 4.69) is 4.99 Å². The van der Waals surface area contributed by atoms with E-state index >= 15 is 0 Å². The molecule has 0 spiro atoms. The molecule has 1 aromatic heterocycles. The molecular formula is C21H31F3N6O4. The van der Waals surface area contributed by atoms with E-state index in [1.54, 1.807) is 14.0 Å². The van der Waals surface area contributed by atoms with Crippen molar-refractivity contribution in [3.05, 3.63) is 26.4 Å². The zero-order valence-corrected chi connectivity index (χ0v) is 19.5. The van der Waals surface area contributed by atoms with Crippen LogP contribution in [-0.4, -0.2) is 56.0 Å². The van der Waals surface area contributed by atoms with E-state index < -0.39 is 60.1 Å². The summed E-state index contributed by atoms with van der Waals surface area (Å²) in [7, 11) is 1.64. The minimum atomic E-state index is -4.45. The van der Waals surface area contributed by atoms with Crippen LogP contribution in [0.25, 0.3) is 0 Å². The van der Waals surface area contributed by atoms with E-state index in [1.165, 1.54) is 4.90 Å². The molecule has 1 aromatic rings. The summed E-state index contributed by atoms with van der Waals surface area (Å²) in [5, 5.41) is 18.0. The zero-order chi connectivity index (χ0) is 25.8. The van der Waals surface area contributed by atoms with Gasteiger partial charge in [-0.2, -0.15) is 13.2 Å². The number of halogens is 3. The Balaban J connectivity index is 2.38. The minimum absolute atomic E-state index is 0.169. The first-order chi connectivity index (χ1) is 15.8. The van der Waals surface area contributed by atoms with E-state index in [9.17, 15) is 32.7 Å². The van der Waals surface area contributed by atoms with Crippen LogP contribution >= 0.6 is 0 Å². The summed E-state index contributed by atoms with van der Waals surface area (Å²) in [6.07, 6.45) is -4.13. The van der Waals surface area contributed by atoms with Crippen molar-refractivity contribution >= 4 is 17.5 Å². The van der Waals surface area contributed by atoms with Crippen LogP contribution in [0.2, 0.25) is 0 Å². The number of aromatic hydroxyl groups is 1. The molecule has 0 aromatic carbocycles. The summed E-state index contributed by atoms with van der Waals surface area (Å²) in [6, 6.07) is -0.634. The maximum Gasteiger partial charge on any atom is 0.389 e. The second kappa shape index (κ2) is 10.9. The Bertz CT molecular complexity index is 1080. The highest BCUT2D eigenvalue weighted by molar-refractivity contribution is 6.39. The van der Waals surface area contributed by atoms with Gasteiger partial charge < -0.3 is 15.7 Å².